The third kappa shape index (κ3) is 3.46. The van der Waals surface area contributed by atoms with Crippen LogP contribution in [0.5, 0.6) is 0 Å². The minimum absolute atomic E-state index is 0.665. The van der Waals surface area contributed by atoms with Crippen molar-refractivity contribution < 1.29 is 0 Å². The molecule has 0 spiro atoms. The summed E-state index contributed by atoms with van der Waals surface area (Å²) in [7, 11) is 0. The zero-order valence-corrected chi connectivity index (χ0v) is 10.4. The van der Waals surface area contributed by atoms with Gasteiger partial charge in [0.05, 0.1) is 0 Å². The van der Waals surface area contributed by atoms with Crippen molar-refractivity contribution >= 4 is 11.8 Å². The summed E-state index contributed by atoms with van der Waals surface area (Å²) >= 11 is 1.84. The molecular weight excluding hydrogens is 218 g/mol. The van der Waals surface area contributed by atoms with Crippen LogP contribution in [-0.4, -0.2) is 21.8 Å². The third-order valence-electron chi connectivity index (χ3n) is 2.94. The predicted molar refractivity (Wildman–Crippen MR) is 67.5 cm³/mol. The Labute approximate surface area is 101 Å². The van der Waals surface area contributed by atoms with Gasteiger partial charge < -0.3 is 5.73 Å². The molecule has 1 saturated carbocycles. The van der Waals surface area contributed by atoms with Crippen LogP contribution in [0.1, 0.15) is 37.7 Å². The normalized spacial score (nSPS) is 17.6. The summed E-state index contributed by atoms with van der Waals surface area (Å²) in [5.74, 6) is 0. The zero-order valence-electron chi connectivity index (χ0n) is 9.56. The lowest BCUT2D eigenvalue weighted by Crippen LogP contribution is -2.09. The van der Waals surface area contributed by atoms with Crippen LogP contribution >= 0.6 is 11.8 Å². The molecule has 0 unspecified atom stereocenters. The molecule has 3 nitrogen and oxygen atoms in total. The lowest BCUT2D eigenvalue weighted by Gasteiger charge is -2.19. The number of hydrogen-bond donors (Lipinski definition) is 1. The van der Waals surface area contributed by atoms with Crippen molar-refractivity contribution in [1.82, 2.24) is 9.97 Å². The first-order valence-electron chi connectivity index (χ1n) is 6.06. The lowest BCUT2D eigenvalue weighted by atomic mass is 10.0. The Bertz CT molecular complexity index is 307. The molecule has 0 atom stereocenters. The summed E-state index contributed by atoms with van der Waals surface area (Å²) in [6.45, 7) is 0.665. The van der Waals surface area contributed by atoms with Crippen LogP contribution in [0.15, 0.2) is 17.6 Å². The second-order valence-corrected chi connectivity index (χ2v) is 5.56. The standard InChI is InChI=1S/C12H19N3S/c13-7-6-10-8-14-12(15-9-10)16-11-4-2-1-3-5-11/h8-9,11H,1-7,13H2. The van der Waals surface area contributed by atoms with E-state index >= 15 is 0 Å². The largest absolute Gasteiger partial charge is 0.330 e. The summed E-state index contributed by atoms with van der Waals surface area (Å²) in [5.41, 5.74) is 6.62. The predicted octanol–water partition coefficient (Wildman–Crippen LogP) is 2.40. The Kier molecular flexibility index (Phi) is 4.60. The van der Waals surface area contributed by atoms with Crippen molar-refractivity contribution in [3.05, 3.63) is 18.0 Å². The van der Waals surface area contributed by atoms with Crippen LogP contribution in [0.2, 0.25) is 0 Å². The third-order valence-corrected chi connectivity index (χ3v) is 4.17. The van der Waals surface area contributed by atoms with E-state index in [0.717, 1.165) is 22.4 Å². The lowest BCUT2D eigenvalue weighted by molar-refractivity contribution is 0.515. The monoisotopic (exact) mass is 237 g/mol. The van der Waals surface area contributed by atoms with Crippen LogP contribution in [0.25, 0.3) is 0 Å². The molecule has 1 aliphatic rings. The molecule has 0 amide bonds. The number of nitrogens with two attached hydrogens (primary N) is 1. The van der Waals surface area contributed by atoms with E-state index in [1.54, 1.807) is 0 Å². The molecule has 2 rings (SSSR count). The number of nitrogens with zero attached hydrogens (tertiary/aromatic N) is 2. The van der Waals surface area contributed by atoms with Gasteiger partial charge in [-0.1, -0.05) is 31.0 Å². The fourth-order valence-corrected chi connectivity index (χ4v) is 3.13. The average Bonchev–Trinajstić information content (AvgIpc) is 2.33. The van der Waals surface area contributed by atoms with Crippen molar-refractivity contribution in [3.8, 4) is 0 Å². The molecule has 0 bridgehead atoms. The van der Waals surface area contributed by atoms with E-state index in [4.69, 9.17) is 5.73 Å². The summed E-state index contributed by atoms with van der Waals surface area (Å²) in [5, 5.41) is 1.65. The van der Waals surface area contributed by atoms with E-state index < -0.39 is 0 Å². The topological polar surface area (TPSA) is 51.8 Å². The number of hydrogen-bond acceptors (Lipinski definition) is 4. The smallest absolute Gasteiger partial charge is 0.187 e. The Morgan fingerprint density at radius 1 is 1.19 bits per heavy atom. The van der Waals surface area contributed by atoms with Crippen LogP contribution in [0.4, 0.5) is 0 Å². The van der Waals surface area contributed by atoms with Gasteiger partial charge in [0.1, 0.15) is 0 Å². The van der Waals surface area contributed by atoms with Gasteiger partial charge in [0.2, 0.25) is 0 Å². The van der Waals surface area contributed by atoms with Crippen molar-refractivity contribution in [2.45, 2.75) is 48.9 Å². The van der Waals surface area contributed by atoms with E-state index in [1.807, 2.05) is 24.2 Å². The van der Waals surface area contributed by atoms with Crippen LogP contribution < -0.4 is 5.73 Å². The Morgan fingerprint density at radius 3 is 2.50 bits per heavy atom. The number of aromatic nitrogens is 2. The van der Waals surface area contributed by atoms with Gasteiger partial charge in [0.25, 0.3) is 0 Å². The molecule has 2 N–H and O–H groups in total. The highest BCUT2D eigenvalue weighted by atomic mass is 32.2. The maximum absolute atomic E-state index is 5.49. The summed E-state index contributed by atoms with van der Waals surface area (Å²) in [4.78, 5) is 8.78. The zero-order chi connectivity index (χ0) is 11.2. The average molecular weight is 237 g/mol. The van der Waals surface area contributed by atoms with Gasteiger partial charge in [-0.15, -0.1) is 0 Å². The molecule has 1 aromatic heterocycles. The van der Waals surface area contributed by atoms with Crippen molar-refractivity contribution in [2.24, 2.45) is 5.73 Å². The first-order chi connectivity index (χ1) is 7.88. The summed E-state index contributed by atoms with van der Waals surface area (Å²) < 4.78 is 0. The van der Waals surface area contributed by atoms with Gasteiger partial charge in [-0.25, -0.2) is 9.97 Å². The molecule has 1 heterocycles. The first kappa shape index (κ1) is 11.9. The number of thioether (sulfide) groups is 1. The van der Waals surface area contributed by atoms with E-state index in [2.05, 4.69) is 9.97 Å². The van der Waals surface area contributed by atoms with E-state index in [1.165, 1.54) is 32.1 Å². The van der Waals surface area contributed by atoms with Crippen molar-refractivity contribution in [3.63, 3.8) is 0 Å². The van der Waals surface area contributed by atoms with Crippen molar-refractivity contribution in [2.75, 3.05) is 6.54 Å². The van der Waals surface area contributed by atoms with E-state index in [-0.39, 0.29) is 0 Å². The quantitative estimate of drug-likeness (QED) is 0.817. The van der Waals surface area contributed by atoms with Gasteiger partial charge in [-0.2, -0.15) is 0 Å². The maximum Gasteiger partial charge on any atom is 0.187 e. The summed E-state index contributed by atoms with van der Waals surface area (Å²) in [6.07, 6.45) is 11.4. The second kappa shape index (κ2) is 6.21. The van der Waals surface area contributed by atoms with E-state index in [0.29, 0.717) is 6.54 Å². The minimum Gasteiger partial charge on any atom is -0.330 e. The second-order valence-electron chi connectivity index (χ2n) is 4.29. The Hall–Kier alpha value is -0.610. The SMILES string of the molecule is NCCc1cnc(SC2CCCCC2)nc1. The first-order valence-corrected chi connectivity index (χ1v) is 6.94. The highest BCUT2D eigenvalue weighted by Gasteiger charge is 2.15. The molecule has 0 radical (unpaired) electrons. The molecule has 4 heteroatoms. The maximum atomic E-state index is 5.49. The molecule has 0 aromatic carbocycles. The molecule has 0 saturated heterocycles. The Balaban J connectivity index is 1.88. The molecule has 16 heavy (non-hydrogen) atoms. The van der Waals surface area contributed by atoms with Crippen LogP contribution in [0, 0.1) is 0 Å². The van der Waals surface area contributed by atoms with Gasteiger partial charge in [-0.3, -0.25) is 0 Å². The molecule has 0 aliphatic heterocycles. The van der Waals surface area contributed by atoms with Gasteiger partial charge >= 0.3 is 0 Å². The van der Waals surface area contributed by atoms with Crippen molar-refractivity contribution in [1.29, 1.82) is 0 Å². The Morgan fingerprint density at radius 2 is 1.88 bits per heavy atom. The van der Waals surface area contributed by atoms with Crippen LogP contribution in [0.3, 0.4) is 0 Å². The highest BCUT2D eigenvalue weighted by molar-refractivity contribution is 7.99. The minimum atomic E-state index is 0.665. The van der Waals surface area contributed by atoms with Gasteiger partial charge in [0.15, 0.2) is 5.16 Å². The molecular formula is C12H19N3S. The van der Waals surface area contributed by atoms with Gasteiger partial charge in [-0.05, 0) is 31.4 Å². The van der Waals surface area contributed by atoms with Crippen LogP contribution in [-0.2, 0) is 6.42 Å². The highest BCUT2D eigenvalue weighted by Crippen LogP contribution is 2.31. The van der Waals surface area contributed by atoms with E-state index in [9.17, 15) is 0 Å². The fourth-order valence-electron chi connectivity index (χ4n) is 2.03. The molecule has 1 aliphatic carbocycles. The molecule has 1 fully saturated rings. The fraction of sp³-hybridized carbons (Fsp3) is 0.667. The van der Waals surface area contributed by atoms with Gasteiger partial charge in [0, 0.05) is 17.6 Å². The molecule has 88 valence electrons. The summed E-state index contributed by atoms with van der Waals surface area (Å²) in [6, 6.07) is 0. The number of rotatable bonds is 4. The molecule has 1 aromatic rings.